The molecule has 0 radical (unpaired) electrons. The summed E-state index contributed by atoms with van der Waals surface area (Å²) in [6, 6.07) is 0. The minimum atomic E-state index is -0.219. The van der Waals surface area contributed by atoms with Crippen molar-refractivity contribution in [2.24, 2.45) is 5.92 Å². The van der Waals surface area contributed by atoms with Gasteiger partial charge in [0, 0.05) is 12.6 Å². The molecule has 9 heteroatoms. The summed E-state index contributed by atoms with van der Waals surface area (Å²) in [6.07, 6.45) is 8.89. The molecule has 0 saturated heterocycles. The molecule has 0 spiro atoms. The normalized spacial score (nSPS) is 14.7. The van der Waals surface area contributed by atoms with Gasteiger partial charge in [0.1, 0.15) is 5.82 Å². The zero-order chi connectivity index (χ0) is 18.5. The Morgan fingerprint density at radius 3 is 2.92 bits per heavy atom. The average molecular weight is 414 g/mol. The first-order valence-electron chi connectivity index (χ1n) is 8.67. The quantitative estimate of drug-likeness (QED) is 0.644. The van der Waals surface area contributed by atoms with E-state index < -0.39 is 0 Å². The summed E-state index contributed by atoms with van der Waals surface area (Å²) < 4.78 is 0. The van der Waals surface area contributed by atoms with E-state index >= 15 is 0 Å². The number of hydrogen-bond donors (Lipinski definition) is 2. The summed E-state index contributed by atoms with van der Waals surface area (Å²) in [5.41, 5.74) is 0.687. The van der Waals surface area contributed by atoms with Crippen LogP contribution < -0.4 is 5.32 Å². The maximum Gasteiger partial charge on any atom is 0.236 e. The first kappa shape index (κ1) is 19.5. The molecule has 1 saturated carbocycles. The van der Waals surface area contributed by atoms with E-state index in [0.29, 0.717) is 26.6 Å². The molecule has 6 nitrogen and oxygen atoms in total. The number of nitrogens with one attached hydrogen (secondary N) is 2. The van der Waals surface area contributed by atoms with Gasteiger partial charge in [-0.25, -0.2) is 9.97 Å². The third kappa shape index (κ3) is 5.11. The Hall–Kier alpha value is -1.31. The summed E-state index contributed by atoms with van der Waals surface area (Å²) in [5.74, 6) is 1.98. The number of amides is 1. The summed E-state index contributed by atoms with van der Waals surface area (Å²) in [6.45, 7) is 1.78. The lowest BCUT2D eigenvalue weighted by atomic mass is 10.0. The second-order valence-corrected chi connectivity index (χ2v) is 8.21. The number of aromatic nitrogens is 4. The number of H-pyrrole nitrogens is 1. The molecule has 2 aromatic heterocycles. The zero-order valence-electron chi connectivity index (χ0n) is 14.5. The van der Waals surface area contributed by atoms with Crippen LogP contribution in [0.2, 0.25) is 10.0 Å². The average Bonchev–Trinajstić information content (AvgIpc) is 3.30. The van der Waals surface area contributed by atoms with Crippen molar-refractivity contribution >= 4 is 46.7 Å². The van der Waals surface area contributed by atoms with Gasteiger partial charge in [0.2, 0.25) is 11.1 Å². The highest BCUT2D eigenvalue weighted by Crippen LogP contribution is 2.29. The van der Waals surface area contributed by atoms with Crippen LogP contribution in [0.1, 0.15) is 43.5 Å². The molecule has 0 aromatic carbocycles. The summed E-state index contributed by atoms with van der Waals surface area (Å²) in [7, 11) is 0. The maximum atomic E-state index is 12.1. The van der Waals surface area contributed by atoms with Crippen molar-refractivity contribution in [3.8, 4) is 0 Å². The van der Waals surface area contributed by atoms with Gasteiger partial charge in [-0.2, -0.15) is 0 Å². The number of carbonyl (C=O) groups is 1. The molecule has 1 aliphatic carbocycles. The fourth-order valence-electron chi connectivity index (χ4n) is 3.04. The molecule has 26 heavy (non-hydrogen) atoms. The third-order valence-corrected chi connectivity index (χ3v) is 6.26. The number of hydrogen-bond acceptors (Lipinski definition) is 5. The Balaban J connectivity index is 1.46. The van der Waals surface area contributed by atoms with Crippen LogP contribution in [0.4, 0.5) is 5.82 Å². The maximum absolute atomic E-state index is 12.1. The fraction of sp³-hybridized carbons (Fsp3) is 0.529. The van der Waals surface area contributed by atoms with E-state index in [2.05, 4.69) is 25.5 Å². The van der Waals surface area contributed by atoms with E-state index in [9.17, 15) is 4.79 Å². The summed E-state index contributed by atoms with van der Waals surface area (Å²) in [4.78, 5) is 20.6. The van der Waals surface area contributed by atoms with E-state index in [1.807, 2.05) is 0 Å². The lowest BCUT2D eigenvalue weighted by Gasteiger charge is -2.08. The van der Waals surface area contributed by atoms with Gasteiger partial charge in [-0.05, 0) is 24.8 Å². The minimum Gasteiger partial charge on any atom is -0.309 e. The molecule has 0 bridgehead atoms. The first-order chi connectivity index (χ1) is 12.5. The van der Waals surface area contributed by atoms with Crippen LogP contribution >= 0.6 is 35.0 Å². The van der Waals surface area contributed by atoms with Crippen molar-refractivity contribution in [1.29, 1.82) is 0 Å². The van der Waals surface area contributed by atoms with Crippen LogP contribution in [0.3, 0.4) is 0 Å². The van der Waals surface area contributed by atoms with Crippen molar-refractivity contribution < 1.29 is 4.79 Å². The number of pyridine rings is 1. The van der Waals surface area contributed by atoms with Crippen LogP contribution in [-0.4, -0.2) is 31.8 Å². The van der Waals surface area contributed by atoms with Gasteiger partial charge >= 0.3 is 0 Å². The van der Waals surface area contributed by atoms with E-state index in [-0.39, 0.29) is 11.7 Å². The molecule has 1 aliphatic rings. The van der Waals surface area contributed by atoms with Gasteiger partial charge in [0.25, 0.3) is 0 Å². The Morgan fingerprint density at radius 1 is 1.38 bits per heavy atom. The topological polar surface area (TPSA) is 83.6 Å². The Bertz CT molecular complexity index is 777. The first-order valence-corrected chi connectivity index (χ1v) is 10.4. The van der Waals surface area contributed by atoms with Gasteiger partial charge in [-0.15, -0.1) is 5.10 Å². The van der Waals surface area contributed by atoms with Crippen LogP contribution in [0.15, 0.2) is 11.4 Å². The molecule has 2 N–H and O–H groups in total. The molecule has 1 amide bonds. The van der Waals surface area contributed by atoms with E-state index in [1.54, 1.807) is 6.92 Å². The lowest BCUT2D eigenvalue weighted by molar-refractivity contribution is -0.113. The van der Waals surface area contributed by atoms with E-state index in [4.69, 9.17) is 23.2 Å². The number of carbonyl (C=O) groups excluding carboxylic acids is 1. The van der Waals surface area contributed by atoms with Gasteiger partial charge in [-0.3, -0.25) is 9.89 Å². The number of nitrogens with zero attached hydrogens (tertiary/aromatic N) is 3. The SMILES string of the molecule is Cc1c(Cl)cnc(NC(=O)CSc2n[nH]c(CCC3CCCC3)n2)c1Cl. The summed E-state index contributed by atoms with van der Waals surface area (Å²) >= 11 is 13.4. The molecule has 2 aromatic rings. The lowest BCUT2D eigenvalue weighted by Crippen LogP contribution is -2.15. The van der Waals surface area contributed by atoms with Gasteiger partial charge in [0.15, 0.2) is 5.82 Å². The number of rotatable bonds is 7. The Kier molecular flexibility index (Phi) is 6.78. The highest BCUT2D eigenvalue weighted by molar-refractivity contribution is 7.99. The number of aryl methyl sites for hydroxylation is 1. The predicted octanol–water partition coefficient (Wildman–Crippen LogP) is 4.67. The van der Waals surface area contributed by atoms with Crippen LogP contribution in [-0.2, 0) is 11.2 Å². The second-order valence-electron chi connectivity index (χ2n) is 6.48. The van der Waals surface area contributed by atoms with Crippen molar-refractivity contribution in [3.63, 3.8) is 0 Å². The summed E-state index contributed by atoms with van der Waals surface area (Å²) in [5, 5.41) is 11.2. The standard InChI is InChI=1S/C17H21Cl2N5OS/c1-10-12(18)8-20-16(15(10)19)22-14(25)9-26-17-21-13(23-24-17)7-6-11-4-2-3-5-11/h8,11H,2-7,9H2,1H3,(H,20,22,25)(H,21,23,24). The van der Waals surface area contributed by atoms with Gasteiger partial charge in [0.05, 0.1) is 15.8 Å². The van der Waals surface area contributed by atoms with E-state index in [0.717, 1.165) is 24.6 Å². The fourth-order valence-corrected chi connectivity index (χ4v) is 4.04. The zero-order valence-corrected chi connectivity index (χ0v) is 16.8. The van der Waals surface area contributed by atoms with Crippen LogP contribution in [0.25, 0.3) is 0 Å². The Labute approximate surface area is 166 Å². The Morgan fingerprint density at radius 2 is 2.15 bits per heavy atom. The van der Waals surface area contributed by atoms with Gasteiger partial charge in [-0.1, -0.05) is 60.6 Å². The highest BCUT2D eigenvalue weighted by atomic mass is 35.5. The van der Waals surface area contributed by atoms with E-state index in [1.165, 1.54) is 43.6 Å². The van der Waals surface area contributed by atoms with Gasteiger partial charge < -0.3 is 5.32 Å². The number of aromatic amines is 1. The number of halogens is 2. The minimum absolute atomic E-state index is 0.180. The molecule has 0 unspecified atom stereocenters. The van der Waals surface area contributed by atoms with Crippen LogP contribution in [0, 0.1) is 12.8 Å². The molecule has 0 atom stereocenters. The second kappa shape index (κ2) is 9.06. The number of thioether (sulfide) groups is 1. The number of anilines is 1. The monoisotopic (exact) mass is 413 g/mol. The molecular formula is C17H21Cl2N5OS. The highest BCUT2D eigenvalue weighted by Gasteiger charge is 2.16. The van der Waals surface area contributed by atoms with Crippen LogP contribution in [0.5, 0.6) is 0 Å². The molecule has 140 valence electrons. The largest absolute Gasteiger partial charge is 0.309 e. The molecule has 1 fully saturated rings. The molecular weight excluding hydrogens is 393 g/mol. The third-order valence-electron chi connectivity index (χ3n) is 4.57. The molecule has 0 aliphatic heterocycles. The van der Waals surface area contributed by atoms with Crippen molar-refractivity contribution in [2.75, 3.05) is 11.1 Å². The van der Waals surface area contributed by atoms with Crippen molar-refractivity contribution in [3.05, 3.63) is 27.6 Å². The predicted molar refractivity (Wildman–Crippen MR) is 105 cm³/mol. The van der Waals surface area contributed by atoms with Crippen molar-refractivity contribution in [1.82, 2.24) is 20.2 Å². The molecule has 3 rings (SSSR count). The smallest absolute Gasteiger partial charge is 0.236 e. The molecule has 2 heterocycles. The van der Waals surface area contributed by atoms with Crippen molar-refractivity contribution in [2.45, 2.75) is 50.6 Å².